The van der Waals surface area contributed by atoms with Gasteiger partial charge in [-0.25, -0.2) is 0 Å². The summed E-state index contributed by atoms with van der Waals surface area (Å²) in [6.45, 7) is 6.32. The minimum absolute atomic E-state index is 0.00160. The van der Waals surface area contributed by atoms with Crippen LogP contribution in [0.2, 0.25) is 0 Å². The SMILES string of the molecule is CCC(C)(C)COS(=O)O. The highest BCUT2D eigenvalue weighted by Gasteiger charge is 2.16. The van der Waals surface area contributed by atoms with E-state index in [0.29, 0.717) is 6.61 Å². The third kappa shape index (κ3) is 4.90. The van der Waals surface area contributed by atoms with Crippen LogP contribution in [0.25, 0.3) is 0 Å². The summed E-state index contributed by atoms with van der Waals surface area (Å²) in [6.07, 6.45) is 0.935. The van der Waals surface area contributed by atoms with Crippen LogP contribution in [-0.2, 0) is 15.5 Å². The minimum atomic E-state index is -2.11. The molecule has 0 aliphatic rings. The first kappa shape index (κ1) is 10.1. The molecular weight excluding hydrogens is 152 g/mol. The van der Waals surface area contributed by atoms with E-state index in [9.17, 15) is 4.21 Å². The lowest BCUT2D eigenvalue weighted by Crippen LogP contribution is -2.18. The van der Waals surface area contributed by atoms with Crippen molar-refractivity contribution in [3.63, 3.8) is 0 Å². The van der Waals surface area contributed by atoms with Crippen molar-refractivity contribution in [2.24, 2.45) is 5.41 Å². The molecule has 0 aromatic heterocycles. The summed E-state index contributed by atoms with van der Waals surface area (Å²) < 4.78 is 22.8. The molecule has 1 N–H and O–H groups in total. The molecule has 3 nitrogen and oxygen atoms in total. The van der Waals surface area contributed by atoms with Gasteiger partial charge in [-0.1, -0.05) is 20.8 Å². The van der Waals surface area contributed by atoms with Crippen LogP contribution < -0.4 is 0 Å². The molecule has 1 unspecified atom stereocenters. The Morgan fingerprint density at radius 3 is 2.40 bits per heavy atom. The molecule has 0 amide bonds. The summed E-state index contributed by atoms with van der Waals surface area (Å²) in [5.74, 6) is 0. The van der Waals surface area contributed by atoms with Gasteiger partial charge in [0.05, 0.1) is 6.61 Å². The minimum Gasteiger partial charge on any atom is -0.284 e. The number of hydrogen-bond acceptors (Lipinski definition) is 2. The summed E-state index contributed by atoms with van der Waals surface area (Å²) in [7, 11) is 0. The Bertz CT molecular complexity index is 122. The Morgan fingerprint density at radius 2 is 2.10 bits per heavy atom. The third-order valence-corrected chi connectivity index (χ3v) is 1.83. The van der Waals surface area contributed by atoms with Crippen LogP contribution in [0.1, 0.15) is 27.2 Å². The second-order valence-corrected chi connectivity index (χ2v) is 3.67. The lowest BCUT2D eigenvalue weighted by molar-refractivity contribution is 0.177. The van der Waals surface area contributed by atoms with Crippen molar-refractivity contribution < 1.29 is 12.9 Å². The lowest BCUT2D eigenvalue weighted by atomic mass is 9.92. The molecular formula is C6H14O3S. The van der Waals surface area contributed by atoms with Crippen molar-refractivity contribution in [3.05, 3.63) is 0 Å². The van der Waals surface area contributed by atoms with Crippen LogP contribution in [0.4, 0.5) is 0 Å². The van der Waals surface area contributed by atoms with Gasteiger partial charge in [0.15, 0.2) is 0 Å². The molecule has 10 heavy (non-hydrogen) atoms. The fourth-order valence-electron chi connectivity index (χ4n) is 0.312. The Hall–Kier alpha value is 0.0700. The van der Waals surface area contributed by atoms with Crippen molar-refractivity contribution in [1.82, 2.24) is 0 Å². The molecule has 0 rings (SSSR count). The van der Waals surface area contributed by atoms with Gasteiger partial charge in [-0.2, -0.15) is 4.21 Å². The highest BCUT2D eigenvalue weighted by atomic mass is 32.2. The maximum atomic E-state index is 10.1. The van der Waals surface area contributed by atoms with Crippen LogP contribution in [0.15, 0.2) is 0 Å². The standard InChI is InChI=1S/C6H14O3S/c1-4-6(2,3)5-9-10(7)8/h4-5H2,1-3H3,(H,7,8). The van der Waals surface area contributed by atoms with Crippen LogP contribution >= 0.6 is 0 Å². The van der Waals surface area contributed by atoms with Crippen molar-refractivity contribution in [2.75, 3.05) is 6.61 Å². The summed E-state index contributed by atoms with van der Waals surface area (Å²) in [5, 5.41) is 0. The van der Waals surface area contributed by atoms with Crippen molar-refractivity contribution in [3.8, 4) is 0 Å². The Morgan fingerprint density at radius 1 is 1.60 bits per heavy atom. The Labute approximate surface area is 64.3 Å². The quantitative estimate of drug-likeness (QED) is 0.645. The summed E-state index contributed by atoms with van der Waals surface area (Å²) >= 11 is -2.11. The van der Waals surface area contributed by atoms with Gasteiger partial charge in [0, 0.05) is 0 Å². The molecule has 0 saturated carbocycles. The smallest absolute Gasteiger partial charge is 0.284 e. The predicted octanol–water partition coefficient (Wildman–Crippen LogP) is 1.58. The summed E-state index contributed by atoms with van der Waals surface area (Å²) in [6, 6.07) is 0. The van der Waals surface area contributed by atoms with E-state index in [1.165, 1.54) is 0 Å². The topological polar surface area (TPSA) is 46.5 Å². The molecule has 0 aliphatic heterocycles. The molecule has 0 spiro atoms. The highest BCUT2D eigenvalue weighted by Crippen LogP contribution is 2.19. The van der Waals surface area contributed by atoms with Gasteiger partial charge in [0.2, 0.25) is 0 Å². The zero-order valence-corrected chi connectivity index (χ0v) is 7.40. The average molecular weight is 166 g/mol. The molecule has 0 aromatic carbocycles. The number of rotatable bonds is 4. The summed E-state index contributed by atoms with van der Waals surface area (Å²) in [5.41, 5.74) is -0.00160. The highest BCUT2D eigenvalue weighted by molar-refractivity contribution is 7.74. The van der Waals surface area contributed by atoms with Crippen LogP contribution in [-0.4, -0.2) is 15.4 Å². The zero-order valence-electron chi connectivity index (χ0n) is 6.59. The normalized spacial score (nSPS) is 15.2. The molecule has 0 saturated heterocycles. The van der Waals surface area contributed by atoms with E-state index in [4.69, 9.17) is 4.55 Å². The maximum Gasteiger partial charge on any atom is 0.301 e. The van der Waals surface area contributed by atoms with E-state index >= 15 is 0 Å². The first-order valence-corrected chi connectivity index (χ1v) is 4.25. The molecule has 0 bridgehead atoms. The molecule has 0 aromatic rings. The van der Waals surface area contributed by atoms with Crippen molar-refractivity contribution in [2.45, 2.75) is 27.2 Å². The van der Waals surface area contributed by atoms with E-state index < -0.39 is 11.4 Å². The predicted molar refractivity (Wildman–Crippen MR) is 40.8 cm³/mol. The van der Waals surface area contributed by atoms with Gasteiger partial charge >= 0.3 is 11.4 Å². The van der Waals surface area contributed by atoms with E-state index in [1.807, 2.05) is 20.8 Å². The van der Waals surface area contributed by atoms with E-state index in [2.05, 4.69) is 4.18 Å². The molecule has 62 valence electrons. The van der Waals surface area contributed by atoms with Gasteiger partial charge in [-0.3, -0.25) is 8.74 Å². The lowest BCUT2D eigenvalue weighted by Gasteiger charge is -2.20. The zero-order chi connectivity index (χ0) is 8.20. The molecule has 0 aliphatic carbocycles. The molecule has 0 heterocycles. The van der Waals surface area contributed by atoms with Gasteiger partial charge in [0.1, 0.15) is 0 Å². The average Bonchev–Trinajstić information content (AvgIpc) is 1.85. The third-order valence-electron chi connectivity index (χ3n) is 1.51. The first-order chi connectivity index (χ1) is 4.48. The van der Waals surface area contributed by atoms with Gasteiger partial charge < -0.3 is 0 Å². The van der Waals surface area contributed by atoms with Gasteiger partial charge in [-0.15, -0.1) is 0 Å². The second kappa shape index (κ2) is 4.05. The monoisotopic (exact) mass is 166 g/mol. The molecule has 0 fully saturated rings. The van der Waals surface area contributed by atoms with Crippen LogP contribution in [0.3, 0.4) is 0 Å². The van der Waals surface area contributed by atoms with Crippen LogP contribution in [0.5, 0.6) is 0 Å². The maximum absolute atomic E-state index is 10.1. The molecule has 0 radical (unpaired) electrons. The van der Waals surface area contributed by atoms with Crippen molar-refractivity contribution in [1.29, 1.82) is 0 Å². The molecule has 1 atom stereocenters. The van der Waals surface area contributed by atoms with Gasteiger partial charge in [-0.05, 0) is 11.8 Å². The van der Waals surface area contributed by atoms with E-state index in [-0.39, 0.29) is 5.41 Å². The van der Waals surface area contributed by atoms with E-state index in [0.717, 1.165) is 6.42 Å². The molecule has 4 heteroatoms. The number of hydrogen-bond donors (Lipinski definition) is 1. The van der Waals surface area contributed by atoms with Gasteiger partial charge in [0.25, 0.3) is 0 Å². The summed E-state index contributed by atoms with van der Waals surface area (Å²) in [4.78, 5) is 0. The second-order valence-electron chi connectivity index (χ2n) is 3.00. The van der Waals surface area contributed by atoms with E-state index in [1.54, 1.807) is 0 Å². The first-order valence-electron chi connectivity index (χ1n) is 3.22. The largest absolute Gasteiger partial charge is 0.301 e. The fourth-order valence-corrected chi connectivity index (χ4v) is 0.732. The fraction of sp³-hybridized carbons (Fsp3) is 1.00. The Kier molecular flexibility index (Phi) is 4.08. The van der Waals surface area contributed by atoms with Crippen LogP contribution in [0, 0.1) is 5.41 Å². The Balaban J connectivity index is 3.56. The van der Waals surface area contributed by atoms with Crippen molar-refractivity contribution >= 4 is 11.4 Å².